The van der Waals surface area contributed by atoms with Gasteiger partial charge in [-0.15, -0.1) is 11.3 Å². The molecule has 2 rings (SSSR count). The van der Waals surface area contributed by atoms with Crippen molar-refractivity contribution in [3.05, 3.63) is 53.4 Å². The van der Waals surface area contributed by atoms with Gasteiger partial charge in [0.1, 0.15) is 0 Å². The highest BCUT2D eigenvalue weighted by Gasteiger charge is 2.17. The molecule has 2 aromatic rings. The zero-order valence-corrected chi connectivity index (χ0v) is 14.1. The summed E-state index contributed by atoms with van der Waals surface area (Å²) >= 11 is 1.61. The second-order valence-corrected chi connectivity index (χ2v) is 6.33. The largest absolute Gasteiger partial charge is 0.312 e. The first kappa shape index (κ1) is 16.7. The van der Waals surface area contributed by atoms with Crippen molar-refractivity contribution in [2.75, 3.05) is 18.0 Å². The van der Waals surface area contributed by atoms with Crippen LogP contribution in [-0.2, 0) is 11.2 Å². The van der Waals surface area contributed by atoms with E-state index in [-0.39, 0.29) is 11.9 Å². The quantitative estimate of drug-likeness (QED) is 0.805. The third kappa shape index (κ3) is 4.97. The predicted octanol–water partition coefficient (Wildman–Crippen LogP) is 3.71. The maximum absolute atomic E-state index is 12.1. The molecule has 1 heterocycles. The summed E-state index contributed by atoms with van der Waals surface area (Å²) < 4.78 is 0. The average Bonchev–Trinajstić information content (AvgIpc) is 3.07. The lowest BCUT2D eigenvalue weighted by molar-refractivity contribution is -0.118. The molecule has 1 N–H and O–H groups in total. The molecule has 0 spiro atoms. The van der Waals surface area contributed by atoms with Crippen molar-refractivity contribution in [1.29, 1.82) is 0 Å². The second-order valence-electron chi connectivity index (χ2n) is 5.40. The highest BCUT2D eigenvalue weighted by molar-refractivity contribution is 7.14. The zero-order valence-electron chi connectivity index (χ0n) is 13.3. The fraction of sp³-hybridized carbons (Fsp3) is 0.389. The summed E-state index contributed by atoms with van der Waals surface area (Å²) in [6.45, 7) is 5.68. The predicted molar refractivity (Wildman–Crippen MR) is 94.6 cm³/mol. The first-order valence-corrected chi connectivity index (χ1v) is 8.70. The number of carbonyl (C=O) groups excluding carboxylic acids is 1. The fourth-order valence-electron chi connectivity index (χ4n) is 2.38. The molecule has 0 saturated carbocycles. The highest BCUT2D eigenvalue weighted by atomic mass is 32.1. The van der Waals surface area contributed by atoms with E-state index in [2.05, 4.69) is 36.5 Å². The molecule has 22 heavy (non-hydrogen) atoms. The van der Waals surface area contributed by atoms with Crippen molar-refractivity contribution in [2.45, 2.75) is 32.7 Å². The normalized spacial score (nSPS) is 12.1. The van der Waals surface area contributed by atoms with Gasteiger partial charge in [0.25, 0.3) is 0 Å². The topological polar surface area (TPSA) is 32.3 Å². The van der Waals surface area contributed by atoms with Gasteiger partial charge in [-0.1, -0.05) is 37.3 Å². The molecule has 0 radical (unpaired) electrons. The minimum atomic E-state index is 0.180. The van der Waals surface area contributed by atoms with Crippen molar-refractivity contribution in [3.8, 4) is 0 Å². The Morgan fingerprint density at radius 3 is 2.64 bits per heavy atom. The molecule has 0 fully saturated rings. The number of anilines is 1. The van der Waals surface area contributed by atoms with E-state index < -0.39 is 0 Å². The van der Waals surface area contributed by atoms with Crippen LogP contribution < -0.4 is 10.2 Å². The van der Waals surface area contributed by atoms with E-state index in [1.165, 1.54) is 5.56 Å². The van der Waals surface area contributed by atoms with Gasteiger partial charge in [0.05, 0.1) is 5.00 Å². The van der Waals surface area contributed by atoms with E-state index in [1.807, 2.05) is 35.4 Å². The number of nitrogens with one attached hydrogen (secondary N) is 1. The lowest BCUT2D eigenvalue weighted by Gasteiger charge is -2.25. The molecular weight excluding hydrogens is 292 g/mol. The van der Waals surface area contributed by atoms with Crippen LogP contribution in [0.25, 0.3) is 0 Å². The second kappa shape index (κ2) is 8.71. The molecule has 1 amide bonds. The number of amides is 1. The van der Waals surface area contributed by atoms with Gasteiger partial charge in [0.2, 0.25) is 5.91 Å². The van der Waals surface area contributed by atoms with Crippen LogP contribution in [0.2, 0.25) is 0 Å². The summed E-state index contributed by atoms with van der Waals surface area (Å²) in [5.74, 6) is 0.180. The number of benzene rings is 1. The molecule has 0 saturated heterocycles. The Morgan fingerprint density at radius 2 is 2.00 bits per heavy atom. The number of hydrogen-bond acceptors (Lipinski definition) is 3. The number of hydrogen-bond donors (Lipinski definition) is 1. The summed E-state index contributed by atoms with van der Waals surface area (Å²) in [4.78, 5) is 14.0. The summed E-state index contributed by atoms with van der Waals surface area (Å²) in [7, 11) is 0. The molecule has 1 aromatic carbocycles. The summed E-state index contributed by atoms with van der Waals surface area (Å²) in [5.41, 5.74) is 1.34. The van der Waals surface area contributed by atoms with Crippen molar-refractivity contribution in [3.63, 3.8) is 0 Å². The molecule has 0 aliphatic rings. The van der Waals surface area contributed by atoms with E-state index in [1.54, 1.807) is 11.3 Å². The molecule has 0 bridgehead atoms. The minimum absolute atomic E-state index is 0.180. The van der Waals surface area contributed by atoms with E-state index in [0.29, 0.717) is 13.0 Å². The molecule has 0 aliphatic heterocycles. The van der Waals surface area contributed by atoms with Gasteiger partial charge in [-0.3, -0.25) is 4.79 Å². The Labute approximate surface area is 137 Å². The van der Waals surface area contributed by atoms with Gasteiger partial charge in [-0.25, -0.2) is 0 Å². The Morgan fingerprint density at radius 1 is 1.23 bits per heavy atom. The van der Waals surface area contributed by atoms with E-state index in [0.717, 1.165) is 18.0 Å². The molecule has 4 heteroatoms. The molecule has 118 valence electrons. The Hall–Kier alpha value is -1.65. The van der Waals surface area contributed by atoms with Crippen molar-refractivity contribution >= 4 is 22.2 Å². The van der Waals surface area contributed by atoms with E-state index in [4.69, 9.17) is 0 Å². The van der Waals surface area contributed by atoms with Crippen LogP contribution >= 0.6 is 11.3 Å². The molecule has 1 unspecified atom stereocenters. The van der Waals surface area contributed by atoms with Crippen molar-refractivity contribution < 1.29 is 4.79 Å². The first-order valence-electron chi connectivity index (χ1n) is 7.82. The number of rotatable bonds is 8. The van der Waals surface area contributed by atoms with Crippen LogP contribution in [0.5, 0.6) is 0 Å². The van der Waals surface area contributed by atoms with E-state index in [9.17, 15) is 4.79 Å². The fourth-order valence-corrected chi connectivity index (χ4v) is 3.13. The average molecular weight is 316 g/mol. The first-order chi connectivity index (χ1) is 10.7. The summed E-state index contributed by atoms with van der Waals surface area (Å²) in [6.07, 6.45) is 1.54. The van der Waals surface area contributed by atoms with Crippen LogP contribution in [0.1, 0.15) is 25.8 Å². The third-order valence-corrected chi connectivity index (χ3v) is 4.47. The lowest BCUT2D eigenvalue weighted by atomic mass is 10.1. The van der Waals surface area contributed by atoms with Gasteiger partial charge < -0.3 is 10.2 Å². The lowest BCUT2D eigenvalue weighted by Crippen LogP contribution is -2.42. The smallest absolute Gasteiger partial charge is 0.227 e. The maximum Gasteiger partial charge on any atom is 0.227 e. The number of carbonyl (C=O) groups is 1. The van der Waals surface area contributed by atoms with Crippen molar-refractivity contribution in [2.24, 2.45) is 0 Å². The molecule has 0 aliphatic carbocycles. The molecular formula is C18H24N2OS. The third-order valence-electron chi connectivity index (χ3n) is 3.58. The number of thiophene rings is 1. The Balaban J connectivity index is 1.83. The SMILES string of the molecule is CCC(=O)N(CC(C)NCCc1ccccc1)c1cccs1. The summed E-state index contributed by atoms with van der Waals surface area (Å²) in [6, 6.07) is 14.7. The monoisotopic (exact) mass is 316 g/mol. The van der Waals surface area contributed by atoms with Crippen LogP contribution in [0.15, 0.2) is 47.8 Å². The van der Waals surface area contributed by atoms with Gasteiger partial charge in [0.15, 0.2) is 0 Å². The molecule has 1 aromatic heterocycles. The van der Waals surface area contributed by atoms with Gasteiger partial charge in [-0.05, 0) is 43.0 Å². The van der Waals surface area contributed by atoms with Gasteiger partial charge >= 0.3 is 0 Å². The van der Waals surface area contributed by atoms with E-state index >= 15 is 0 Å². The zero-order chi connectivity index (χ0) is 15.8. The van der Waals surface area contributed by atoms with Crippen LogP contribution in [0.4, 0.5) is 5.00 Å². The summed E-state index contributed by atoms with van der Waals surface area (Å²) in [5, 5.41) is 6.56. The maximum atomic E-state index is 12.1. The van der Waals surface area contributed by atoms with Gasteiger partial charge in [-0.2, -0.15) is 0 Å². The van der Waals surface area contributed by atoms with Gasteiger partial charge in [0, 0.05) is 19.0 Å². The standard InChI is InChI=1S/C18H24N2OS/c1-3-17(21)20(18-10-7-13-22-18)14-15(2)19-12-11-16-8-5-4-6-9-16/h4-10,13,15,19H,3,11-12,14H2,1-2H3. The molecule has 3 nitrogen and oxygen atoms in total. The van der Waals surface area contributed by atoms with Crippen molar-refractivity contribution in [1.82, 2.24) is 5.32 Å². The van der Waals surface area contributed by atoms with Crippen LogP contribution in [0.3, 0.4) is 0 Å². The Bertz CT molecular complexity index is 554. The highest BCUT2D eigenvalue weighted by Crippen LogP contribution is 2.22. The number of nitrogens with zero attached hydrogens (tertiary/aromatic N) is 1. The van der Waals surface area contributed by atoms with Crippen LogP contribution in [-0.4, -0.2) is 25.0 Å². The Kier molecular flexibility index (Phi) is 6.62. The minimum Gasteiger partial charge on any atom is -0.312 e. The van der Waals surface area contributed by atoms with Crippen LogP contribution in [0, 0.1) is 0 Å². The molecule has 1 atom stereocenters.